The second-order valence-corrected chi connectivity index (χ2v) is 5.70. The van der Waals surface area contributed by atoms with Crippen LogP contribution in [0.2, 0.25) is 10.0 Å². The Morgan fingerprint density at radius 2 is 1.82 bits per heavy atom. The molecule has 116 valence electrons. The zero-order chi connectivity index (χ0) is 16.1. The average molecular weight is 339 g/mol. The van der Waals surface area contributed by atoms with Gasteiger partial charge in [0.05, 0.1) is 16.1 Å². The Bertz CT molecular complexity index is 660. The highest BCUT2D eigenvalue weighted by Crippen LogP contribution is 2.24. The second-order valence-electron chi connectivity index (χ2n) is 4.89. The predicted molar refractivity (Wildman–Crippen MR) is 89.6 cm³/mol. The van der Waals surface area contributed by atoms with Crippen molar-refractivity contribution in [3.8, 4) is 0 Å². The number of aliphatic hydroxyl groups is 1. The molecule has 1 atom stereocenters. The van der Waals surface area contributed by atoms with E-state index in [0.29, 0.717) is 15.7 Å². The molecule has 0 aliphatic heterocycles. The van der Waals surface area contributed by atoms with Crippen molar-refractivity contribution >= 4 is 34.9 Å². The molecule has 0 saturated carbocycles. The molecule has 0 spiro atoms. The summed E-state index contributed by atoms with van der Waals surface area (Å²) < 4.78 is 0. The van der Waals surface area contributed by atoms with Crippen LogP contribution in [0.5, 0.6) is 0 Å². The number of anilines is 1. The first kappa shape index (κ1) is 16.6. The fraction of sp³-hybridized carbons (Fsp3) is 0.188. The van der Waals surface area contributed by atoms with E-state index in [1.807, 2.05) is 31.2 Å². The molecule has 0 saturated heterocycles. The van der Waals surface area contributed by atoms with Crippen LogP contribution in [0.25, 0.3) is 0 Å². The van der Waals surface area contributed by atoms with Gasteiger partial charge in [0.15, 0.2) is 0 Å². The van der Waals surface area contributed by atoms with Crippen LogP contribution < -0.4 is 10.6 Å². The maximum atomic E-state index is 11.8. The summed E-state index contributed by atoms with van der Waals surface area (Å²) in [7, 11) is 0. The molecule has 2 amide bonds. The molecule has 6 heteroatoms. The van der Waals surface area contributed by atoms with Crippen LogP contribution in [0.1, 0.15) is 17.2 Å². The minimum Gasteiger partial charge on any atom is -0.387 e. The fourth-order valence-electron chi connectivity index (χ4n) is 1.84. The summed E-state index contributed by atoms with van der Waals surface area (Å²) in [6, 6.07) is 11.9. The van der Waals surface area contributed by atoms with E-state index < -0.39 is 12.1 Å². The fourth-order valence-corrected chi connectivity index (χ4v) is 2.14. The quantitative estimate of drug-likeness (QED) is 0.783. The van der Waals surface area contributed by atoms with Gasteiger partial charge in [0, 0.05) is 12.2 Å². The van der Waals surface area contributed by atoms with Crippen LogP contribution in [0.3, 0.4) is 0 Å². The highest BCUT2D eigenvalue weighted by atomic mass is 35.5. The number of carbonyl (C=O) groups excluding carboxylic acids is 1. The SMILES string of the molecule is Cc1ccc(C(O)CNC(=O)Nc2ccc(Cl)c(Cl)c2)cc1. The molecule has 4 nitrogen and oxygen atoms in total. The third-order valence-corrected chi connectivity index (χ3v) is 3.83. The molecule has 0 fully saturated rings. The largest absolute Gasteiger partial charge is 0.387 e. The monoisotopic (exact) mass is 338 g/mol. The number of hydrogen-bond acceptors (Lipinski definition) is 2. The van der Waals surface area contributed by atoms with Crippen molar-refractivity contribution in [2.45, 2.75) is 13.0 Å². The van der Waals surface area contributed by atoms with Crippen molar-refractivity contribution in [2.75, 3.05) is 11.9 Å². The summed E-state index contributed by atoms with van der Waals surface area (Å²) in [5.41, 5.74) is 2.39. The summed E-state index contributed by atoms with van der Waals surface area (Å²) in [6.07, 6.45) is -0.764. The predicted octanol–water partition coefficient (Wildman–Crippen LogP) is 4.16. The lowest BCUT2D eigenvalue weighted by Crippen LogP contribution is -2.32. The molecule has 0 heterocycles. The topological polar surface area (TPSA) is 61.4 Å². The van der Waals surface area contributed by atoms with E-state index in [1.165, 1.54) is 0 Å². The first-order chi connectivity index (χ1) is 10.5. The normalized spacial score (nSPS) is 11.8. The maximum Gasteiger partial charge on any atom is 0.319 e. The number of hydrogen-bond donors (Lipinski definition) is 3. The van der Waals surface area contributed by atoms with E-state index >= 15 is 0 Å². The molecular weight excluding hydrogens is 323 g/mol. The van der Waals surface area contributed by atoms with Crippen molar-refractivity contribution in [1.82, 2.24) is 5.32 Å². The van der Waals surface area contributed by atoms with Crippen LogP contribution in [-0.2, 0) is 0 Å². The van der Waals surface area contributed by atoms with Gasteiger partial charge >= 0.3 is 6.03 Å². The average Bonchev–Trinajstić information content (AvgIpc) is 2.49. The Balaban J connectivity index is 1.86. The number of halogens is 2. The van der Waals surface area contributed by atoms with Crippen LogP contribution >= 0.6 is 23.2 Å². The standard InChI is InChI=1S/C16H16Cl2N2O2/c1-10-2-4-11(5-3-10)15(21)9-19-16(22)20-12-6-7-13(17)14(18)8-12/h2-8,15,21H,9H2,1H3,(H2,19,20,22). The minimum absolute atomic E-state index is 0.107. The van der Waals surface area contributed by atoms with E-state index in [2.05, 4.69) is 10.6 Å². The molecule has 2 aromatic rings. The zero-order valence-corrected chi connectivity index (χ0v) is 13.4. The number of rotatable bonds is 4. The Hall–Kier alpha value is -1.75. The summed E-state index contributed by atoms with van der Waals surface area (Å²) in [4.78, 5) is 11.8. The first-order valence-electron chi connectivity index (χ1n) is 6.70. The van der Waals surface area contributed by atoms with E-state index in [1.54, 1.807) is 18.2 Å². The van der Waals surface area contributed by atoms with Gasteiger partial charge in [0.25, 0.3) is 0 Å². The lowest BCUT2D eigenvalue weighted by Gasteiger charge is -2.13. The molecule has 3 N–H and O–H groups in total. The first-order valence-corrected chi connectivity index (χ1v) is 7.46. The van der Waals surface area contributed by atoms with Gasteiger partial charge in [-0.05, 0) is 30.7 Å². The maximum absolute atomic E-state index is 11.8. The van der Waals surface area contributed by atoms with Gasteiger partial charge in [-0.3, -0.25) is 0 Å². The third kappa shape index (κ3) is 4.63. The molecule has 0 aromatic heterocycles. The Morgan fingerprint density at radius 3 is 2.45 bits per heavy atom. The number of nitrogens with one attached hydrogen (secondary N) is 2. The van der Waals surface area contributed by atoms with Gasteiger partial charge in [-0.25, -0.2) is 4.79 Å². The van der Waals surface area contributed by atoms with E-state index in [9.17, 15) is 9.90 Å². The summed E-state index contributed by atoms with van der Waals surface area (Å²) in [5, 5.41) is 16.0. The van der Waals surface area contributed by atoms with E-state index in [0.717, 1.165) is 11.1 Å². The number of aryl methyl sites for hydroxylation is 1. The summed E-state index contributed by atoms with van der Waals surface area (Å²) in [6.45, 7) is 2.08. The van der Waals surface area contributed by atoms with Gasteiger partial charge in [0.2, 0.25) is 0 Å². The number of benzene rings is 2. The second kappa shape index (κ2) is 7.49. The summed E-state index contributed by atoms with van der Waals surface area (Å²) >= 11 is 11.7. The van der Waals surface area contributed by atoms with Crippen LogP contribution in [0, 0.1) is 6.92 Å². The Kier molecular flexibility index (Phi) is 5.66. The zero-order valence-electron chi connectivity index (χ0n) is 11.9. The van der Waals surface area contributed by atoms with E-state index in [4.69, 9.17) is 23.2 Å². The Labute approximate surface area is 139 Å². The van der Waals surface area contributed by atoms with Gasteiger partial charge in [-0.15, -0.1) is 0 Å². The highest BCUT2D eigenvalue weighted by Gasteiger charge is 2.10. The lowest BCUT2D eigenvalue weighted by molar-refractivity contribution is 0.175. The number of amides is 2. The Morgan fingerprint density at radius 1 is 1.14 bits per heavy atom. The van der Waals surface area contributed by atoms with Crippen molar-refractivity contribution in [3.63, 3.8) is 0 Å². The molecule has 0 radical (unpaired) electrons. The molecular formula is C16H16Cl2N2O2. The molecule has 0 aliphatic carbocycles. The number of carbonyl (C=O) groups is 1. The summed E-state index contributed by atoms with van der Waals surface area (Å²) in [5.74, 6) is 0. The van der Waals surface area contributed by atoms with Gasteiger partial charge in [-0.2, -0.15) is 0 Å². The van der Waals surface area contributed by atoms with Crippen molar-refractivity contribution < 1.29 is 9.90 Å². The van der Waals surface area contributed by atoms with Gasteiger partial charge < -0.3 is 15.7 Å². The molecule has 2 aromatic carbocycles. The molecule has 22 heavy (non-hydrogen) atoms. The third-order valence-electron chi connectivity index (χ3n) is 3.10. The highest BCUT2D eigenvalue weighted by molar-refractivity contribution is 6.42. The minimum atomic E-state index is -0.764. The molecule has 2 rings (SSSR count). The van der Waals surface area contributed by atoms with Gasteiger partial charge in [-0.1, -0.05) is 53.0 Å². The van der Waals surface area contributed by atoms with Gasteiger partial charge in [0.1, 0.15) is 0 Å². The molecule has 0 aliphatic rings. The number of urea groups is 1. The van der Waals surface area contributed by atoms with Crippen molar-refractivity contribution in [1.29, 1.82) is 0 Å². The van der Waals surface area contributed by atoms with Crippen LogP contribution in [-0.4, -0.2) is 17.7 Å². The lowest BCUT2D eigenvalue weighted by atomic mass is 10.1. The smallest absolute Gasteiger partial charge is 0.319 e. The van der Waals surface area contributed by atoms with E-state index in [-0.39, 0.29) is 6.54 Å². The molecule has 0 bridgehead atoms. The molecule has 1 unspecified atom stereocenters. The van der Waals surface area contributed by atoms with Crippen molar-refractivity contribution in [3.05, 3.63) is 63.6 Å². The number of aliphatic hydroxyl groups excluding tert-OH is 1. The van der Waals surface area contributed by atoms with Crippen molar-refractivity contribution in [2.24, 2.45) is 0 Å². The van der Waals surface area contributed by atoms with Crippen LogP contribution in [0.4, 0.5) is 10.5 Å². The van der Waals surface area contributed by atoms with Crippen LogP contribution in [0.15, 0.2) is 42.5 Å².